The maximum absolute atomic E-state index is 11.8. The van der Waals surface area contributed by atoms with Gasteiger partial charge in [-0.05, 0) is 42.2 Å². The van der Waals surface area contributed by atoms with E-state index in [0.29, 0.717) is 37.1 Å². The van der Waals surface area contributed by atoms with Crippen molar-refractivity contribution in [3.63, 3.8) is 0 Å². The van der Waals surface area contributed by atoms with Crippen LogP contribution in [0.3, 0.4) is 0 Å². The van der Waals surface area contributed by atoms with Crippen molar-refractivity contribution >= 4 is 11.7 Å². The highest BCUT2D eigenvalue weighted by Crippen LogP contribution is 2.32. The lowest BCUT2D eigenvalue weighted by Gasteiger charge is -2.46. The maximum Gasteiger partial charge on any atom is 0.338 e. The number of carbonyl (C=O) groups excluding carboxylic acids is 1. The number of rotatable bonds is 4. The monoisotopic (exact) mass is 447 g/mol. The molecule has 2 saturated heterocycles. The van der Waals surface area contributed by atoms with E-state index < -0.39 is 6.10 Å². The number of cyclic esters (lactones) is 1. The third-order valence-electron chi connectivity index (χ3n) is 7.29. The third-order valence-corrected chi connectivity index (χ3v) is 7.29. The van der Waals surface area contributed by atoms with Crippen LogP contribution in [0.2, 0.25) is 0 Å². The molecule has 5 rings (SSSR count). The molecule has 3 atom stereocenters. The standard InChI is InChI=1S/C26H29N3O4/c1-16-10-18(4-7-23(16)27-3)25-13-29-9-8-28(11-19(29)14-32-25)12-24(30)20-5-6-21-22(17(20)2)15-33-26(21)31/h4-7,10,19,24-25,30H,8-9,11-15H2,1-2H3/t19-,24?,25+/m0/s1. The molecule has 3 aliphatic rings. The van der Waals surface area contributed by atoms with Crippen molar-refractivity contribution in [1.29, 1.82) is 0 Å². The molecule has 0 aliphatic carbocycles. The van der Waals surface area contributed by atoms with Gasteiger partial charge in [-0.2, -0.15) is 0 Å². The summed E-state index contributed by atoms with van der Waals surface area (Å²) in [5.41, 5.74) is 6.14. The molecule has 2 aromatic carbocycles. The van der Waals surface area contributed by atoms with E-state index in [4.69, 9.17) is 16.0 Å². The lowest BCUT2D eigenvalue weighted by molar-refractivity contribution is -0.0937. The van der Waals surface area contributed by atoms with Crippen LogP contribution in [0.25, 0.3) is 4.85 Å². The van der Waals surface area contributed by atoms with Gasteiger partial charge in [-0.15, -0.1) is 0 Å². The van der Waals surface area contributed by atoms with Crippen LogP contribution in [0.4, 0.5) is 5.69 Å². The van der Waals surface area contributed by atoms with Crippen molar-refractivity contribution in [2.24, 2.45) is 0 Å². The molecule has 33 heavy (non-hydrogen) atoms. The number of benzene rings is 2. The molecular formula is C26H29N3O4. The van der Waals surface area contributed by atoms with Gasteiger partial charge < -0.3 is 14.6 Å². The third kappa shape index (κ3) is 4.16. The predicted molar refractivity (Wildman–Crippen MR) is 123 cm³/mol. The number of carbonyl (C=O) groups is 1. The summed E-state index contributed by atoms with van der Waals surface area (Å²) in [6.45, 7) is 16.2. The molecule has 2 aromatic rings. The van der Waals surface area contributed by atoms with Gasteiger partial charge in [0, 0.05) is 44.3 Å². The number of fused-ring (bicyclic) bond motifs is 2. The number of piperazine rings is 1. The second-order valence-corrected chi connectivity index (χ2v) is 9.29. The summed E-state index contributed by atoms with van der Waals surface area (Å²) in [5, 5.41) is 11.0. The molecule has 0 spiro atoms. The average molecular weight is 448 g/mol. The Morgan fingerprint density at radius 2 is 2.06 bits per heavy atom. The van der Waals surface area contributed by atoms with Crippen molar-refractivity contribution in [2.75, 3.05) is 39.3 Å². The molecule has 7 nitrogen and oxygen atoms in total. The Labute approximate surface area is 194 Å². The summed E-state index contributed by atoms with van der Waals surface area (Å²) >= 11 is 0. The van der Waals surface area contributed by atoms with Gasteiger partial charge in [0.05, 0.1) is 31.0 Å². The first-order chi connectivity index (χ1) is 15.9. The van der Waals surface area contributed by atoms with Crippen molar-refractivity contribution in [3.8, 4) is 0 Å². The molecule has 1 N–H and O–H groups in total. The van der Waals surface area contributed by atoms with Gasteiger partial charge in [0.25, 0.3) is 0 Å². The van der Waals surface area contributed by atoms with E-state index >= 15 is 0 Å². The highest BCUT2D eigenvalue weighted by atomic mass is 16.5. The summed E-state index contributed by atoms with van der Waals surface area (Å²) in [6.07, 6.45) is -0.588. The van der Waals surface area contributed by atoms with E-state index in [-0.39, 0.29) is 12.1 Å². The number of morpholine rings is 1. The number of hydrogen-bond acceptors (Lipinski definition) is 6. The van der Waals surface area contributed by atoms with Crippen LogP contribution in [0.1, 0.15) is 50.4 Å². The fraction of sp³-hybridized carbons (Fsp3) is 0.462. The molecule has 172 valence electrons. The number of β-amino-alcohol motifs (C(OH)–C–C–N with tert-alkyl or cyclic N) is 1. The number of nitrogens with zero attached hydrogens (tertiary/aromatic N) is 3. The lowest BCUT2D eigenvalue weighted by Crippen LogP contribution is -2.58. The Hall–Kier alpha value is -2.76. The number of aliphatic hydroxyl groups is 1. The molecule has 0 aromatic heterocycles. The van der Waals surface area contributed by atoms with Crippen LogP contribution in [-0.2, 0) is 16.1 Å². The Morgan fingerprint density at radius 3 is 2.85 bits per heavy atom. The van der Waals surface area contributed by atoms with Crippen LogP contribution in [0.15, 0.2) is 30.3 Å². The zero-order valence-corrected chi connectivity index (χ0v) is 19.1. The molecule has 7 heteroatoms. The fourth-order valence-corrected chi connectivity index (χ4v) is 5.29. The van der Waals surface area contributed by atoms with Crippen molar-refractivity contribution in [1.82, 2.24) is 9.80 Å². The molecule has 0 amide bonds. The quantitative estimate of drug-likeness (QED) is 0.573. The van der Waals surface area contributed by atoms with Gasteiger partial charge in [0.15, 0.2) is 5.69 Å². The number of esters is 1. The Balaban J connectivity index is 1.20. The second kappa shape index (κ2) is 8.88. The first kappa shape index (κ1) is 22.1. The van der Waals surface area contributed by atoms with Crippen LogP contribution in [-0.4, -0.2) is 66.2 Å². The Morgan fingerprint density at radius 1 is 1.21 bits per heavy atom. The summed E-state index contributed by atoms with van der Waals surface area (Å²) in [5.74, 6) is -0.279. The van der Waals surface area contributed by atoms with E-state index in [1.165, 1.54) is 0 Å². The largest absolute Gasteiger partial charge is 0.457 e. The van der Waals surface area contributed by atoms with Gasteiger partial charge in [-0.1, -0.05) is 24.3 Å². The SMILES string of the molecule is [C-]#[N+]c1ccc([C@H]2CN3CCN(CC(O)c4ccc5c(c4C)COC5=O)C[C@H]3CO2)cc1C. The zero-order chi connectivity index (χ0) is 23.1. The summed E-state index contributed by atoms with van der Waals surface area (Å²) in [7, 11) is 0. The van der Waals surface area contributed by atoms with Crippen molar-refractivity contribution in [2.45, 2.75) is 38.7 Å². The van der Waals surface area contributed by atoms with Crippen LogP contribution < -0.4 is 0 Å². The summed E-state index contributed by atoms with van der Waals surface area (Å²) < 4.78 is 11.4. The number of hydrogen-bond donors (Lipinski definition) is 1. The highest BCUT2D eigenvalue weighted by Gasteiger charge is 2.35. The topological polar surface area (TPSA) is 66.6 Å². The second-order valence-electron chi connectivity index (χ2n) is 9.29. The van der Waals surface area contributed by atoms with Gasteiger partial charge in [0.1, 0.15) is 6.61 Å². The summed E-state index contributed by atoms with van der Waals surface area (Å²) in [6, 6.07) is 9.90. The predicted octanol–water partition coefficient (Wildman–Crippen LogP) is 3.32. The molecule has 3 aliphatic heterocycles. The molecule has 2 fully saturated rings. The molecular weight excluding hydrogens is 418 g/mol. The highest BCUT2D eigenvalue weighted by molar-refractivity contribution is 5.93. The van der Waals surface area contributed by atoms with Gasteiger partial charge in [-0.3, -0.25) is 9.80 Å². The van der Waals surface area contributed by atoms with E-state index in [2.05, 4.69) is 20.7 Å². The van der Waals surface area contributed by atoms with Crippen molar-refractivity contribution in [3.05, 3.63) is 75.1 Å². The van der Waals surface area contributed by atoms with Gasteiger partial charge in [-0.25, -0.2) is 9.64 Å². The van der Waals surface area contributed by atoms with E-state index in [0.717, 1.165) is 54.0 Å². The smallest absolute Gasteiger partial charge is 0.338 e. The fourth-order valence-electron chi connectivity index (χ4n) is 5.29. The minimum Gasteiger partial charge on any atom is -0.457 e. The van der Waals surface area contributed by atoms with E-state index in [1.54, 1.807) is 6.07 Å². The number of aliphatic hydroxyl groups excluding tert-OH is 1. The summed E-state index contributed by atoms with van der Waals surface area (Å²) in [4.78, 5) is 20.1. The van der Waals surface area contributed by atoms with Gasteiger partial charge in [0.2, 0.25) is 0 Å². The minimum atomic E-state index is -0.612. The zero-order valence-electron chi connectivity index (χ0n) is 19.1. The molecule has 1 unspecified atom stereocenters. The Bertz CT molecular complexity index is 1130. The minimum absolute atomic E-state index is 0.0240. The Kier molecular flexibility index (Phi) is 5.94. The first-order valence-corrected chi connectivity index (χ1v) is 11.5. The van der Waals surface area contributed by atoms with Crippen molar-refractivity contribution < 1.29 is 19.4 Å². The normalized spacial score (nSPS) is 24.0. The van der Waals surface area contributed by atoms with E-state index in [9.17, 15) is 9.90 Å². The molecule has 0 radical (unpaired) electrons. The maximum atomic E-state index is 11.8. The van der Waals surface area contributed by atoms with Crippen LogP contribution >= 0.6 is 0 Å². The lowest BCUT2D eigenvalue weighted by atomic mass is 9.95. The molecule has 3 heterocycles. The van der Waals surface area contributed by atoms with E-state index in [1.807, 2.05) is 32.0 Å². The average Bonchev–Trinajstić information content (AvgIpc) is 3.20. The molecule has 0 bridgehead atoms. The van der Waals surface area contributed by atoms with Gasteiger partial charge >= 0.3 is 5.97 Å². The van der Waals surface area contributed by atoms with Crippen LogP contribution in [0.5, 0.6) is 0 Å². The first-order valence-electron chi connectivity index (χ1n) is 11.5. The van der Waals surface area contributed by atoms with Crippen LogP contribution in [0, 0.1) is 20.4 Å². The molecule has 0 saturated carbocycles. The number of aryl methyl sites for hydroxylation is 1. The number of ether oxygens (including phenoxy) is 2.